The molecule has 226 valence electrons. The molecule has 41 heavy (non-hydrogen) atoms. The molecule has 5 rings (SSSR count). The van der Waals surface area contributed by atoms with Crippen LogP contribution in [0.2, 0.25) is 0 Å². The van der Waals surface area contributed by atoms with Crippen LogP contribution in [-0.4, -0.2) is 94.7 Å². The number of carbonyl (C=O) groups excluding carboxylic acids is 1. The molecule has 3 aliphatic rings. The van der Waals surface area contributed by atoms with Gasteiger partial charge in [-0.3, -0.25) is 9.69 Å². The molecular weight excluding hydrogens is 514 g/mol. The molecule has 0 bridgehead atoms. The first-order valence-corrected chi connectivity index (χ1v) is 15.8. The second-order valence-electron chi connectivity index (χ2n) is 13.2. The van der Waals surface area contributed by atoms with Gasteiger partial charge >= 0.3 is 0 Å². The number of hydrogen-bond donors (Lipinski definition) is 2. The van der Waals surface area contributed by atoms with Crippen LogP contribution in [0.4, 0.5) is 5.82 Å². The molecule has 1 saturated carbocycles. The highest BCUT2D eigenvalue weighted by atomic mass is 16.1. The maximum absolute atomic E-state index is 12.7. The monoisotopic (exact) mass is 565 g/mol. The number of amides is 1. The molecule has 3 atom stereocenters. The lowest BCUT2D eigenvalue weighted by Gasteiger charge is -2.41. The molecule has 2 aromatic heterocycles. The van der Waals surface area contributed by atoms with Crippen LogP contribution in [0.5, 0.6) is 0 Å². The van der Waals surface area contributed by atoms with Crippen LogP contribution in [0, 0.1) is 11.8 Å². The van der Waals surface area contributed by atoms with Gasteiger partial charge in [0.05, 0.1) is 17.9 Å². The van der Waals surface area contributed by atoms with Crippen LogP contribution in [0.25, 0.3) is 5.78 Å². The average molecular weight is 566 g/mol. The van der Waals surface area contributed by atoms with Crippen molar-refractivity contribution in [1.29, 1.82) is 0 Å². The third-order valence-corrected chi connectivity index (χ3v) is 9.48. The highest BCUT2D eigenvalue weighted by Gasteiger charge is 2.50. The third kappa shape index (κ3) is 7.02. The van der Waals surface area contributed by atoms with E-state index in [0.717, 1.165) is 81.3 Å². The van der Waals surface area contributed by atoms with E-state index in [-0.39, 0.29) is 23.4 Å². The van der Waals surface area contributed by atoms with Crippen LogP contribution < -0.4 is 15.5 Å². The first-order valence-electron chi connectivity index (χ1n) is 15.8. The zero-order valence-electron chi connectivity index (χ0n) is 26.0. The minimum absolute atomic E-state index is 0.0457. The van der Waals surface area contributed by atoms with E-state index in [1.807, 2.05) is 10.7 Å². The Balaban J connectivity index is 1.46. The molecule has 2 aromatic rings. The first-order chi connectivity index (χ1) is 19.7. The van der Waals surface area contributed by atoms with E-state index >= 15 is 0 Å². The van der Waals surface area contributed by atoms with E-state index in [4.69, 9.17) is 15.1 Å². The van der Waals surface area contributed by atoms with Crippen molar-refractivity contribution in [2.45, 2.75) is 83.2 Å². The number of aromatic nitrogens is 4. The summed E-state index contributed by atoms with van der Waals surface area (Å²) in [6, 6.07) is 0.0457. The summed E-state index contributed by atoms with van der Waals surface area (Å²) < 4.78 is 1.84. The van der Waals surface area contributed by atoms with Crippen molar-refractivity contribution >= 4 is 17.5 Å². The van der Waals surface area contributed by atoms with Gasteiger partial charge in [0.15, 0.2) is 5.82 Å². The van der Waals surface area contributed by atoms with Crippen LogP contribution in [0.3, 0.4) is 0 Å². The summed E-state index contributed by atoms with van der Waals surface area (Å²) >= 11 is 0. The molecule has 2 aliphatic heterocycles. The summed E-state index contributed by atoms with van der Waals surface area (Å²) in [6.07, 6.45) is 11.5. The van der Waals surface area contributed by atoms with E-state index in [0.29, 0.717) is 18.1 Å². The molecule has 3 unspecified atom stereocenters. The number of imidazole rings is 1. The number of anilines is 1. The van der Waals surface area contributed by atoms with Gasteiger partial charge in [-0.25, -0.2) is 9.50 Å². The Morgan fingerprint density at radius 2 is 2.07 bits per heavy atom. The summed E-state index contributed by atoms with van der Waals surface area (Å²) in [5.74, 6) is 2.32. The van der Waals surface area contributed by atoms with Crippen LogP contribution >= 0.6 is 0 Å². The first kappa shape index (κ1) is 29.8. The highest BCUT2D eigenvalue weighted by Crippen LogP contribution is 2.44. The predicted molar refractivity (Wildman–Crippen MR) is 164 cm³/mol. The number of hydrogen-bond acceptors (Lipinski definition) is 8. The number of rotatable bonds is 13. The fraction of sp³-hybridized carbons (Fsp3) is 0.742. The van der Waals surface area contributed by atoms with Gasteiger partial charge in [0.25, 0.3) is 5.78 Å². The Morgan fingerprint density at radius 3 is 2.78 bits per heavy atom. The lowest BCUT2D eigenvalue weighted by molar-refractivity contribution is -0.126. The van der Waals surface area contributed by atoms with Gasteiger partial charge in [-0.1, -0.05) is 39.7 Å². The van der Waals surface area contributed by atoms with Crippen molar-refractivity contribution in [3.8, 4) is 0 Å². The molecule has 0 radical (unpaired) electrons. The Kier molecular flexibility index (Phi) is 9.18. The minimum atomic E-state index is -0.0658. The Morgan fingerprint density at radius 1 is 1.27 bits per heavy atom. The van der Waals surface area contributed by atoms with E-state index < -0.39 is 0 Å². The topological polar surface area (TPSA) is 93.9 Å². The lowest BCUT2D eigenvalue weighted by atomic mass is 9.93. The summed E-state index contributed by atoms with van der Waals surface area (Å²) in [4.78, 5) is 30.0. The van der Waals surface area contributed by atoms with Gasteiger partial charge in [-0.2, -0.15) is 10.1 Å². The maximum atomic E-state index is 12.7. The van der Waals surface area contributed by atoms with Crippen molar-refractivity contribution in [2.24, 2.45) is 11.8 Å². The van der Waals surface area contributed by atoms with Crippen molar-refractivity contribution < 1.29 is 4.79 Å². The third-order valence-electron chi connectivity index (χ3n) is 9.48. The fourth-order valence-corrected chi connectivity index (χ4v) is 6.45. The maximum Gasteiger partial charge on any atom is 0.252 e. The van der Waals surface area contributed by atoms with E-state index in [1.54, 1.807) is 0 Å². The molecule has 1 amide bonds. The number of nitrogens with one attached hydrogen (secondary N) is 2. The summed E-state index contributed by atoms with van der Waals surface area (Å²) in [5.41, 5.74) is 3.09. The number of nitrogens with zero attached hydrogens (tertiary/aromatic N) is 7. The van der Waals surface area contributed by atoms with Crippen molar-refractivity contribution in [3.05, 3.63) is 29.9 Å². The Labute approximate surface area is 245 Å². The number of piperidine rings is 1. The van der Waals surface area contributed by atoms with Crippen LogP contribution in [0.15, 0.2) is 18.5 Å². The molecule has 10 nitrogen and oxygen atoms in total. The van der Waals surface area contributed by atoms with Gasteiger partial charge in [0.1, 0.15) is 5.69 Å². The Bertz CT molecular complexity index is 1220. The number of piperazine rings is 1. The summed E-state index contributed by atoms with van der Waals surface area (Å²) in [7, 11) is 6.36. The number of carbonyl (C=O) groups is 1. The van der Waals surface area contributed by atoms with E-state index in [2.05, 4.69) is 66.9 Å². The molecule has 1 spiro atoms. The van der Waals surface area contributed by atoms with Crippen LogP contribution in [-0.2, 0) is 11.2 Å². The standard InChI is InChI=1S/C31H51N9O/c1-7-22(2)10-8-12-25(33-23(3)19-37(4)5)27-20-40-30(34-27)35-28(39-17-16-38(6)31(21-39)13-14-31)26(36-40)18-24-11-9-15-32-29(24)41/h20,22,24-25,33H,3,7-19,21H2,1-2,4-6H3,(H,32,41). The molecule has 10 heteroatoms. The van der Waals surface area contributed by atoms with E-state index in [1.165, 1.54) is 25.7 Å². The summed E-state index contributed by atoms with van der Waals surface area (Å²) in [6.45, 7) is 13.3. The zero-order valence-corrected chi connectivity index (χ0v) is 26.0. The predicted octanol–water partition coefficient (Wildman–Crippen LogP) is 3.40. The van der Waals surface area contributed by atoms with Crippen molar-refractivity contribution in [3.63, 3.8) is 0 Å². The quantitative estimate of drug-likeness (QED) is 0.382. The molecule has 2 N–H and O–H groups in total. The second kappa shape index (κ2) is 12.7. The smallest absolute Gasteiger partial charge is 0.252 e. The molecule has 2 saturated heterocycles. The second-order valence-corrected chi connectivity index (χ2v) is 13.2. The molecule has 0 aromatic carbocycles. The Hall–Kier alpha value is -2.72. The van der Waals surface area contributed by atoms with Crippen molar-refractivity contribution in [2.75, 3.05) is 58.8 Å². The zero-order chi connectivity index (χ0) is 29.1. The molecular formula is C31H51N9O. The lowest BCUT2D eigenvalue weighted by Crippen LogP contribution is -2.54. The fourth-order valence-electron chi connectivity index (χ4n) is 6.45. The molecule has 4 heterocycles. The van der Waals surface area contributed by atoms with E-state index in [9.17, 15) is 4.79 Å². The van der Waals surface area contributed by atoms with Gasteiger partial charge < -0.3 is 20.4 Å². The van der Waals surface area contributed by atoms with Gasteiger partial charge in [-0.15, -0.1) is 0 Å². The van der Waals surface area contributed by atoms with Gasteiger partial charge in [0, 0.05) is 56.3 Å². The van der Waals surface area contributed by atoms with Gasteiger partial charge in [-0.05, 0) is 59.2 Å². The highest BCUT2D eigenvalue weighted by molar-refractivity contribution is 5.79. The molecule has 3 fully saturated rings. The average Bonchev–Trinajstić information content (AvgIpc) is 3.58. The SMILES string of the molecule is C=C(CN(C)C)NC(CCCC(C)CC)c1cn2nc(CC3CCCNC3=O)c(N3CCN(C)C4(CC4)C3)nc2n1. The van der Waals surface area contributed by atoms with Crippen LogP contribution in [0.1, 0.15) is 82.6 Å². The van der Waals surface area contributed by atoms with Crippen molar-refractivity contribution in [1.82, 2.24) is 40.0 Å². The van der Waals surface area contributed by atoms with Gasteiger partial charge in [0.2, 0.25) is 5.91 Å². The number of likely N-dealkylation sites (N-methyl/N-ethyl adjacent to an activating group) is 2. The largest absolute Gasteiger partial charge is 0.379 e. The normalized spacial score (nSPS) is 22.2. The number of fused-ring (bicyclic) bond motifs is 1. The minimum Gasteiger partial charge on any atom is -0.379 e. The molecule has 1 aliphatic carbocycles. The summed E-state index contributed by atoms with van der Waals surface area (Å²) in [5, 5.41) is 11.8.